The lowest BCUT2D eigenvalue weighted by atomic mass is 10.2. The second-order valence-electron chi connectivity index (χ2n) is 6.70. The molecule has 29 heavy (non-hydrogen) atoms. The van der Waals surface area contributed by atoms with Gasteiger partial charge in [-0.05, 0) is 67.0 Å². The van der Waals surface area contributed by atoms with Gasteiger partial charge in [-0.1, -0.05) is 0 Å². The molecule has 0 saturated carbocycles. The number of hydrogen-bond acceptors (Lipinski definition) is 6. The Hall–Kier alpha value is -2.50. The highest BCUT2D eigenvalue weighted by molar-refractivity contribution is 9.10. The van der Waals surface area contributed by atoms with Crippen molar-refractivity contribution < 1.29 is 18.7 Å². The molecular formula is C21H24BrN3O4. The zero-order chi connectivity index (χ0) is 20.6. The number of nitrogens with one attached hydrogen (secondary N) is 1. The zero-order valence-electron chi connectivity index (χ0n) is 16.3. The van der Waals surface area contributed by atoms with Crippen molar-refractivity contribution in [2.45, 2.75) is 25.8 Å². The molecule has 1 amide bonds. The molecule has 1 unspecified atom stereocenters. The van der Waals surface area contributed by atoms with Crippen LogP contribution >= 0.6 is 15.9 Å². The second-order valence-corrected chi connectivity index (χ2v) is 7.55. The van der Waals surface area contributed by atoms with Crippen LogP contribution in [0.1, 0.15) is 37.1 Å². The van der Waals surface area contributed by atoms with Crippen LogP contribution < -0.4 is 14.8 Å². The molecule has 2 aromatic rings. The maximum Gasteiger partial charge on any atom is 0.258 e. The standard InChI is InChI=1S/C21H24BrN3O4/c1-2-27-19-11-15(12-23)10-16(22)21(19)29-14-20(26)24-13-17(18-6-5-9-28-18)25-7-3-4-8-25/h5-6,9-11,17H,2-4,7-8,13-14H2,1H3,(H,24,26). The van der Waals surface area contributed by atoms with E-state index in [1.165, 1.54) is 0 Å². The Morgan fingerprint density at radius 3 is 2.83 bits per heavy atom. The highest BCUT2D eigenvalue weighted by atomic mass is 79.9. The van der Waals surface area contributed by atoms with Crippen molar-refractivity contribution >= 4 is 21.8 Å². The summed E-state index contributed by atoms with van der Waals surface area (Å²) < 4.78 is 17.4. The summed E-state index contributed by atoms with van der Waals surface area (Å²) in [5, 5.41) is 12.0. The number of hydrogen-bond donors (Lipinski definition) is 1. The van der Waals surface area contributed by atoms with E-state index in [1.807, 2.05) is 19.1 Å². The Bertz CT molecular complexity index is 858. The predicted octanol–water partition coefficient (Wildman–Crippen LogP) is 3.64. The molecule has 1 atom stereocenters. The minimum absolute atomic E-state index is 0.0112. The second kappa shape index (κ2) is 10.3. The van der Waals surface area contributed by atoms with Crippen LogP contribution in [-0.2, 0) is 4.79 Å². The first-order valence-electron chi connectivity index (χ1n) is 9.65. The molecule has 1 aliphatic rings. The Morgan fingerprint density at radius 2 is 2.17 bits per heavy atom. The molecule has 0 aliphatic carbocycles. The van der Waals surface area contributed by atoms with Gasteiger partial charge in [0.1, 0.15) is 5.76 Å². The van der Waals surface area contributed by atoms with Crippen LogP contribution in [0.5, 0.6) is 11.5 Å². The van der Waals surface area contributed by atoms with Gasteiger partial charge >= 0.3 is 0 Å². The van der Waals surface area contributed by atoms with Gasteiger partial charge in [0.25, 0.3) is 5.91 Å². The molecule has 154 valence electrons. The quantitative estimate of drug-likeness (QED) is 0.612. The van der Waals surface area contributed by atoms with Crippen molar-refractivity contribution in [2.75, 3.05) is 32.8 Å². The van der Waals surface area contributed by atoms with E-state index in [0.29, 0.717) is 34.7 Å². The normalized spacial score (nSPS) is 14.9. The average molecular weight is 462 g/mol. The maximum absolute atomic E-state index is 12.4. The van der Waals surface area contributed by atoms with Crippen LogP contribution in [0.15, 0.2) is 39.4 Å². The summed E-state index contributed by atoms with van der Waals surface area (Å²) >= 11 is 3.39. The summed E-state index contributed by atoms with van der Waals surface area (Å²) in [6.07, 6.45) is 3.96. The van der Waals surface area contributed by atoms with Crippen LogP contribution in [0.2, 0.25) is 0 Å². The number of halogens is 1. The largest absolute Gasteiger partial charge is 0.490 e. The molecule has 0 spiro atoms. The molecule has 7 nitrogen and oxygen atoms in total. The number of furan rings is 1. The summed E-state index contributed by atoms with van der Waals surface area (Å²) in [7, 11) is 0. The number of nitriles is 1. The molecule has 0 radical (unpaired) electrons. The van der Waals surface area contributed by atoms with Gasteiger partial charge in [-0.3, -0.25) is 9.69 Å². The first kappa shape index (κ1) is 21.2. The minimum Gasteiger partial charge on any atom is -0.490 e. The molecule has 1 N–H and O–H groups in total. The predicted molar refractivity (Wildman–Crippen MR) is 111 cm³/mol. The molecular weight excluding hydrogens is 438 g/mol. The number of amides is 1. The highest BCUT2D eigenvalue weighted by Crippen LogP contribution is 2.36. The average Bonchev–Trinajstić information content (AvgIpc) is 3.42. The third-order valence-electron chi connectivity index (χ3n) is 4.73. The van der Waals surface area contributed by atoms with E-state index in [1.54, 1.807) is 18.4 Å². The van der Waals surface area contributed by atoms with E-state index in [2.05, 4.69) is 32.2 Å². The summed E-state index contributed by atoms with van der Waals surface area (Å²) in [5.74, 6) is 1.45. The number of carbonyl (C=O) groups is 1. The van der Waals surface area contributed by atoms with E-state index in [0.717, 1.165) is 31.7 Å². The summed E-state index contributed by atoms with van der Waals surface area (Å²) in [6, 6.07) is 9.12. The number of rotatable bonds is 9. The molecule has 2 heterocycles. The number of benzene rings is 1. The molecule has 1 aliphatic heterocycles. The monoisotopic (exact) mass is 461 g/mol. The Morgan fingerprint density at radius 1 is 1.38 bits per heavy atom. The van der Waals surface area contributed by atoms with Gasteiger partial charge in [-0.2, -0.15) is 5.26 Å². The molecule has 8 heteroatoms. The van der Waals surface area contributed by atoms with Crippen molar-refractivity contribution in [3.05, 3.63) is 46.3 Å². The van der Waals surface area contributed by atoms with Gasteiger partial charge < -0.3 is 19.2 Å². The van der Waals surface area contributed by atoms with Crippen molar-refractivity contribution in [2.24, 2.45) is 0 Å². The Balaban J connectivity index is 1.60. The van der Waals surface area contributed by atoms with Gasteiger partial charge in [0.2, 0.25) is 0 Å². The lowest BCUT2D eigenvalue weighted by Crippen LogP contribution is -2.38. The topological polar surface area (TPSA) is 87.7 Å². The lowest BCUT2D eigenvalue weighted by molar-refractivity contribution is -0.123. The van der Waals surface area contributed by atoms with Gasteiger partial charge in [0, 0.05) is 12.6 Å². The van der Waals surface area contributed by atoms with Crippen molar-refractivity contribution in [1.82, 2.24) is 10.2 Å². The smallest absolute Gasteiger partial charge is 0.258 e. The van der Waals surface area contributed by atoms with Crippen molar-refractivity contribution in [3.8, 4) is 17.6 Å². The summed E-state index contributed by atoms with van der Waals surface area (Å²) in [6.45, 7) is 4.54. The fraction of sp³-hybridized carbons (Fsp3) is 0.429. The van der Waals surface area contributed by atoms with Crippen molar-refractivity contribution in [3.63, 3.8) is 0 Å². The molecule has 1 fully saturated rings. The number of ether oxygens (including phenoxy) is 2. The zero-order valence-corrected chi connectivity index (χ0v) is 17.9. The first-order chi connectivity index (χ1) is 14.1. The number of nitrogens with zero attached hydrogens (tertiary/aromatic N) is 2. The fourth-order valence-electron chi connectivity index (χ4n) is 3.38. The van der Waals surface area contributed by atoms with E-state index in [-0.39, 0.29) is 18.6 Å². The molecule has 0 bridgehead atoms. The maximum atomic E-state index is 12.4. The van der Waals surface area contributed by atoms with Crippen LogP contribution in [0.25, 0.3) is 0 Å². The van der Waals surface area contributed by atoms with Crippen LogP contribution in [-0.4, -0.2) is 43.7 Å². The van der Waals surface area contributed by atoms with Gasteiger partial charge in [0.15, 0.2) is 18.1 Å². The van der Waals surface area contributed by atoms with Crippen molar-refractivity contribution in [1.29, 1.82) is 5.26 Å². The van der Waals surface area contributed by atoms with Gasteiger partial charge in [-0.25, -0.2) is 0 Å². The van der Waals surface area contributed by atoms with Gasteiger partial charge in [-0.15, -0.1) is 0 Å². The lowest BCUT2D eigenvalue weighted by Gasteiger charge is -2.26. The van der Waals surface area contributed by atoms with E-state index >= 15 is 0 Å². The fourth-order valence-corrected chi connectivity index (χ4v) is 3.94. The Labute approximate surface area is 178 Å². The van der Waals surface area contributed by atoms with Gasteiger partial charge in [0.05, 0.1) is 35.0 Å². The summed E-state index contributed by atoms with van der Waals surface area (Å²) in [5.41, 5.74) is 0.448. The van der Waals surface area contributed by atoms with Crippen LogP contribution in [0.4, 0.5) is 0 Å². The minimum atomic E-state index is -0.237. The third kappa shape index (κ3) is 5.52. The molecule has 1 aromatic carbocycles. The van der Waals surface area contributed by atoms with E-state index < -0.39 is 0 Å². The first-order valence-corrected chi connectivity index (χ1v) is 10.4. The number of carbonyl (C=O) groups excluding carboxylic acids is 1. The van der Waals surface area contributed by atoms with E-state index in [9.17, 15) is 4.79 Å². The highest BCUT2D eigenvalue weighted by Gasteiger charge is 2.26. The Kier molecular flexibility index (Phi) is 7.55. The van der Waals surface area contributed by atoms with E-state index in [4.69, 9.17) is 19.2 Å². The number of likely N-dealkylation sites (tertiary alicyclic amines) is 1. The molecule has 1 aromatic heterocycles. The van der Waals surface area contributed by atoms with Crippen LogP contribution in [0.3, 0.4) is 0 Å². The molecule has 3 rings (SSSR count). The third-order valence-corrected chi connectivity index (χ3v) is 5.32. The van der Waals surface area contributed by atoms with Crippen LogP contribution in [0, 0.1) is 11.3 Å². The molecule has 1 saturated heterocycles. The summed E-state index contributed by atoms with van der Waals surface area (Å²) in [4.78, 5) is 14.7. The SMILES string of the molecule is CCOc1cc(C#N)cc(Br)c1OCC(=O)NCC(c1ccco1)N1CCCC1.